The Balaban J connectivity index is 2.69. The van der Waals surface area contributed by atoms with Gasteiger partial charge in [-0.25, -0.2) is 13.1 Å². The minimum absolute atomic E-state index is 0.0304. The maximum absolute atomic E-state index is 11.7. The highest BCUT2D eigenvalue weighted by Gasteiger charge is 2.13. The molecule has 15 heavy (non-hydrogen) atoms. The van der Waals surface area contributed by atoms with Crippen LogP contribution in [0.5, 0.6) is 0 Å². The van der Waals surface area contributed by atoms with Gasteiger partial charge in [0, 0.05) is 13.2 Å². The summed E-state index contributed by atoms with van der Waals surface area (Å²) >= 11 is 0. The summed E-state index contributed by atoms with van der Waals surface area (Å²) < 4.78 is 25.8. The molecule has 0 amide bonds. The first kappa shape index (κ1) is 12.2. The van der Waals surface area contributed by atoms with Crippen molar-refractivity contribution in [2.24, 2.45) is 5.92 Å². The van der Waals surface area contributed by atoms with E-state index in [1.807, 2.05) is 0 Å². The van der Waals surface area contributed by atoms with Gasteiger partial charge in [0.05, 0.1) is 4.90 Å². The number of aliphatic hydroxyl groups excluding tert-OH is 1. The van der Waals surface area contributed by atoms with E-state index in [0.29, 0.717) is 0 Å². The molecular formula is C10H15NO3S. The molecule has 0 saturated carbocycles. The molecule has 1 unspecified atom stereocenters. The third kappa shape index (κ3) is 3.62. The molecule has 0 saturated heterocycles. The molecule has 0 aromatic heterocycles. The van der Waals surface area contributed by atoms with Gasteiger partial charge in [-0.15, -0.1) is 0 Å². The van der Waals surface area contributed by atoms with Crippen molar-refractivity contribution in [1.82, 2.24) is 4.72 Å². The normalized spacial score (nSPS) is 13.7. The van der Waals surface area contributed by atoms with Crippen molar-refractivity contribution in [2.75, 3.05) is 13.2 Å². The molecule has 1 aromatic carbocycles. The average molecular weight is 229 g/mol. The Morgan fingerprint density at radius 2 is 1.93 bits per heavy atom. The van der Waals surface area contributed by atoms with Gasteiger partial charge in [-0.2, -0.15) is 0 Å². The SMILES string of the molecule is CC(CO)CNS(=O)(=O)c1ccccc1. The molecule has 2 N–H and O–H groups in total. The smallest absolute Gasteiger partial charge is 0.240 e. The first-order chi connectivity index (χ1) is 7.06. The van der Waals surface area contributed by atoms with Crippen LogP contribution in [-0.4, -0.2) is 26.7 Å². The quantitative estimate of drug-likeness (QED) is 0.776. The fraction of sp³-hybridized carbons (Fsp3) is 0.400. The van der Waals surface area contributed by atoms with E-state index >= 15 is 0 Å². The molecule has 0 radical (unpaired) electrons. The van der Waals surface area contributed by atoms with Crippen LogP contribution in [0.2, 0.25) is 0 Å². The Hall–Kier alpha value is -0.910. The van der Waals surface area contributed by atoms with E-state index in [1.165, 1.54) is 12.1 Å². The molecule has 4 nitrogen and oxygen atoms in total. The van der Waals surface area contributed by atoms with E-state index < -0.39 is 10.0 Å². The highest BCUT2D eigenvalue weighted by Crippen LogP contribution is 2.07. The van der Waals surface area contributed by atoms with Crippen molar-refractivity contribution in [2.45, 2.75) is 11.8 Å². The molecular weight excluding hydrogens is 214 g/mol. The lowest BCUT2D eigenvalue weighted by Crippen LogP contribution is -2.29. The van der Waals surface area contributed by atoms with Crippen molar-refractivity contribution in [3.63, 3.8) is 0 Å². The maximum Gasteiger partial charge on any atom is 0.240 e. The standard InChI is InChI=1S/C10H15NO3S/c1-9(8-12)7-11-15(13,14)10-5-3-2-4-6-10/h2-6,9,11-12H,7-8H2,1H3. The topological polar surface area (TPSA) is 66.4 Å². The van der Waals surface area contributed by atoms with E-state index in [4.69, 9.17) is 5.11 Å². The highest BCUT2D eigenvalue weighted by atomic mass is 32.2. The fourth-order valence-electron chi connectivity index (χ4n) is 0.999. The van der Waals surface area contributed by atoms with E-state index in [0.717, 1.165) is 0 Å². The summed E-state index contributed by atoms with van der Waals surface area (Å²) in [5, 5.41) is 8.77. The van der Waals surface area contributed by atoms with Crippen LogP contribution in [0.1, 0.15) is 6.92 Å². The molecule has 5 heteroatoms. The second-order valence-corrected chi connectivity index (χ2v) is 5.22. The van der Waals surface area contributed by atoms with Crippen molar-refractivity contribution >= 4 is 10.0 Å². The van der Waals surface area contributed by atoms with Gasteiger partial charge in [-0.05, 0) is 18.1 Å². The van der Waals surface area contributed by atoms with Crippen LogP contribution in [-0.2, 0) is 10.0 Å². The zero-order valence-electron chi connectivity index (χ0n) is 8.55. The number of aliphatic hydroxyl groups is 1. The van der Waals surface area contributed by atoms with Gasteiger partial charge in [0.15, 0.2) is 0 Å². The first-order valence-corrected chi connectivity index (χ1v) is 6.20. The molecule has 0 bridgehead atoms. The highest BCUT2D eigenvalue weighted by molar-refractivity contribution is 7.89. The molecule has 0 heterocycles. The molecule has 84 valence electrons. The summed E-state index contributed by atoms with van der Waals surface area (Å²) in [6.45, 7) is 1.98. The molecule has 1 rings (SSSR count). The predicted octanol–water partition coefficient (Wildman–Crippen LogP) is 0.593. The number of nitrogens with one attached hydrogen (secondary N) is 1. The second kappa shape index (κ2) is 5.25. The Morgan fingerprint density at radius 3 is 2.47 bits per heavy atom. The van der Waals surface area contributed by atoms with Gasteiger partial charge in [-0.3, -0.25) is 0 Å². The zero-order valence-corrected chi connectivity index (χ0v) is 9.37. The second-order valence-electron chi connectivity index (χ2n) is 3.45. The van der Waals surface area contributed by atoms with Crippen molar-refractivity contribution < 1.29 is 13.5 Å². The maximum atomic E-state index is 11.7. The largest absolute Gasteiger partial charge is 0.396 e. The van der Waals surface area contributed by atoms with Crippen LogP contribution in [0.15, 0.2) is 35.2 Å². The third-order valence-electron chi connectivity index (χ3n) is 1.99. The summed E-state index contributed by atoms with van der Waals surface area (Å²) in [7, 11) is -3.43. The number of hydrogen-bond acceptors (Lipinski definition) is 3. The molecule has 0 aliphatic heterocycles. The van der Waals surface area contributed by atoms with E-state index in [9.17, 15) is 8.42 Å². The van der Waals surface area contributed by atoms with Gasteiger partial charge in [0.1, 0.15) is 0 Å². The lowest BCUT2D eigenvalue weighted by molar-refractivity contribution is 0.238. The molecule has 0 spiro atoms. The fourth-order valence-corrected chi connectivity index (χ4v) is 2.19. The summed E-state index contributed by atoms with van der Waals surface area (Å²) in [6, 6.07) is 8.17. The Labute approximate surface area is 90.0 Å². The van der Waals surface area contributed by atoms with Crippen LogP contribution in [0, 0.1) is 5.92 Å². The molecule has 1 atom stereocenters. The molecule has 0 aliphatic rings. The van der Waals surface area contributed by atoms with Gasteiger partial charge < -0.3 is 5.11 Å². The number of hydrogen-bond donors (Lipinski definition) is 2. The van der Waals surface area contributed by atoms with Crippen molar-refractivity contribution in [3.05, 3.63) is 30.3 Å². The van der Waals surface area contributed by atoms with Gasteiger partial charge in [-0.1, -0.05) is 25.1 Å². The van der Waals surface area contributed by atoms with Crippen LogP contribution in [0.3, 0.4) is 0 Å². The van der Waals surface area contributed by atoms with Gasteiger partial charge >= 0.3 is 0 Å². The van der Waals surface area contributed by atoms with E-state index in [1.54, 1.807) is 25.1 Å². The van der Waals surface area contributed by atoms with Gasteiger partial charge in [0.2, 0.25) is 10.0 Å². The van der Waals surface area contributed by atoms with Crippen molar-refractivity contribution in [1.29, 1.82) is 0 Å². The lowest BCUT2D eigenvalue weighted by atomic mass is 10.2. The Morgan fingerprint density at radius 1 is 1.33 bits per heavy atom. The Kier molecular flexibility index (Phi) is 4.26. The zero-order chi connectivity index (χ0) is 11.3. The van der Waals surface area contributed by atoms with Crippen molar-refractivity contribution in [3.8, 4) is 0 Å². The van der Waals surface area contributed by atoms with Crippen LogP contribution >= 0.6 is 0 Å². The lowest BCUT2D eigenvalue weighted by Gasteiger charge is -2.10. The summed E-state index contributed by atoms with van der Waals surface area (Å²) in [5.41, 5.74) is 0. The number of rotatable bonds is 5. The molecule has 1 aromatic rings. The monoisotopic (exact) mass is 229 g/mol. The number of benzene rings is 1. The average Bonchev–Trinajstić information content (AvgIpc) is 2.27. The first-order valence-electron chi connectivity index (χ1n) is 4.72. The van der Waals surface area contributed by atoms with Crippen LogP contribution in [0.4, 0.5) is 0 Å². The van der Waals surface area contributed by atoms with Crippen LogP contribution < -0.4 is 4.72 Å². The number of sulfonamides is 1. The molecule has 0 fully saturated rings. The summed E-state index contributed by atoms with van der Waals surface area (Å²) in [6.07, 6.45) is 0. The van der Waals surface area contributed by atoms with Crippen LogP contribution in [0.25, 0.3) is 0 Å². The minimum atomic E-state index is -3.43. The van der Waals surface area contributed by atoms with Gasteiger partial charge in [0.25, 0.3) is 0 Å². The van der Waals surface area contributed by atoms with E-state index in [2.05, 4.69) is 4.72 Å². The van der Waals surface area contributed by atoms with E-state index in [-0.39, 0.29) is 24.0 Å². The minimum Gasteiger partial charge on any atom is -0.396 e. The third-order valence-corrected chi connectivity index (χ3v) is 3.43. The predicted molar refractivity (Wildman–Crippen MR) is 57.9 cm³/mol. The Bertz CT molecular complexity index is 388. The summed E-state index contributed by atoms with van der Waals surface area (Å²) in [4.78, 5) is 0.245. The molecule has 0 aliphatic carbocycles. The summed E-state index contributed by atoms with van der Waals surface area (Å²) in [5.74, 6) is -0.0801.